The summed E-state index contributed by atoms with van der Waals surface area (Å²) in [5.74, 6) is -2.67. The van der Waals surface area contributed by atoms with Crippen molar-refractivity contribution < 1.29 is 23.1 Å². The highest BCUT2D eigenvalue weighted by molar-refractivity contribution is 5.95. The topological polar surface area (TPSA) is 89.2 Å². The number of rotatable bonds is 4. The zero-order chi connectivity index (χ0) is 22.1. The summed E-state index contributed by atoms with van der Waals surface area (Å²) in [5.41, 5.74) is 1.28. The first kappa shape index (κ1) is 21.8. The lowest BCUT2D eigenvalue weighted by atomic mass is 9.92. The summed E-state index contributed by atoms with van der Waals surface area (Å²) in [6.45, 7) is 3.20. The van der Waals surface area contributed by atoms with Gasteiger partial charge < -0.3 is 15.3 Å². The van der Waals surface area contributed by atoms with Gasteiger partial charge in [-0.25, -0.2) is 0 Å². The van der Waals surface area contributed by atoms with Crippen LogP contribution in [0.5, 0.6) is 0 Å². The number of fused-ring (bicyclic) bond motifs is 1. The van der Waals surface area contributed by atoms with Gasteiger partial charge in [-0.3, -0.25) is 9.78 Å². The highest BCUT2D eigenvalue weighted by atomic mass is 19.4. The van der Waals surface area contributed by atoms with Crippen LogP contribution >= 0.6 is 0 Å². The van der Waals surface area contributed by atoms with Crippen molar-refractivity contribution in [2.45, 2.75) is 38.6 Å². The number of piperidine rings is 1. The Morgan fingerprint density at radius 1 is 1.33 bits per heavy atom. The molecule has 2 aromatic rings. The predicted octanol–water partition coefficient (Wildman–Crippen LogP) is 3.00. The van der Waals surface area contributed by atoms with Crippen LogP contribution in [0.15, 0.2) is 30.5 Å². The van der Waals surface area contributed by atoms with Gasteiger partial charge in [-0.1, -0.05) is 13.8 Å². The summed E-state index contributed by atoms with van der Waals surface area (Å²) in [7, 11) is 0. The lowest BCUT2D eigenvalue weighted by Gasteiger charge is -2.40. The van der Waals surface area contributed by atoms with Crippen molar-refractivity contribution in [1.82, 2.24) is 10.3 Å². The standard InChI is InChI=1S/C21H23F3N4O2/c1-12(2)19(29)20(30)27-15-8-14(21(22,23)24)10-28(11-15)17-6-5-13(9-25)18-16(17)4-3-7-26-18/h3-7,12,14-15,19,29H,8,10-11H2,1-2H3,(H,27,30)/t14-,15+,19?/m0/s1. The average molecular weight is 420 g/mol. The van der Waals surface area contributed by atoms with Gasteiger partial charge >= 0.3 is 6.18 Å². The summed E-state index contributed by atoms with van der Waals surface area (Å²) >= 11 is 0. The van der Waals surface area contributed by atoms with Crippen LogP contribution in [0.4, 0.5) is 18.9 Å². The van der Waals surface area contributed by atoms with Crippen molar-refractivity contribution in [1.29, 1.82) is 5.26 Å². The van der Waals surface area contributed by atoms with E-state index in [4.69, 9.17) is 0 Å². The molecule has 160 valence electrons. The number of aliphatic hydroxyl groups is 1. The quantitative estimate of drug-likeness (QED) is 0.794. The zero-order valence-electron chi connectivity index (χ0n) is 16.6. The molecule has 2 N–H and O–H groups in total. The number of aromatic nitrogens is 1. The third kappa shape index (κ3) is 4.49. The fourth-order valence-electron chi connectivity index (χ4n) is 3.75. The Morgan fingerprint density at radius 3 is 2.70 bits per heavy atom. The summed E-state index contributed by atoms with van der Waals surface area (Å²) in [6.07, 6.45) is -4.45. The third-order valence-electron chi connectivity index (χ3n) is 5.37. The maximum Gasteiger partial charge on any atom is 0.393 e. The number of nitrogens with zero attached hydrogens (tertiary/aromatic N) is 3. The Labute approximate surface area is 172 Å². The lowest BCUT2D eigenvalue weighted by molar-refractivity contribution is -0.178. The largest absolute Gasteiger partial charge is 0.393 e. The molecule has 0 bridgehead atoms. The van der Waals surface area contributed by atoms with E-state index in [-0.39, 0.29) is 25.4 Å². The fourth-order valence-corrected chi connectivity index (χ4v) is 3.75. The van der Waals surface area contributed by atoms with Crippen LogP contribution in [0.2, 0.25) is 0 Å². The molecule has 3 atom stereocenters. The number of carbonyl (C=O) groups is 1. The van der Waals surface area contributed by atoms with Gasteiger partial charge in [0.1, 0.15) is 12.2 Å². The van der Waals surface area contributed by atoms with E-state index in [9.17, 15) is 28.3 Å². The van der Waals surface area contributed by atoms with Crippen LogP contribution in [0.25, 0.3) is 10.9 Å². The minimum absolute atomic E-state index is 0.152. The molecule has 6 nitrogen and oxygen atoms in total. The minimum Gasteiger partial charge on any atom is -0.383 e. The molecule has 1 aliphatic rings. The number of amides is 1. The molecule has 0 radical (unpaired) electrons. The highest BCUT2D eigenvalue weighted by Crippen LogP contribution is 2.37. The number of halogens is 3. The molecular formula is C21H23F3N4O2. The molecule has 0 spiro atoms. The van der Waals surface area contributed by atoms with Crippen molar-refractivity contribution in [2.24, 2.45) is 11.8 Å². The van der Waals surface area contributed by atoms with Gasteiger partial charge in [-0.05, 0) is 36.6 Å². The smallest absolute Gasteiger partial charge is 0.383 e. The second-order valence-corrected chi connectivity index (χ2v) is 7.92. The lowest BCUT2D eigenvalue weighted by Crippen LogP contribution is -2.55. The molecule has 2 heterocycles. The molecule has 0 aliphatic carbocycles. The Kier molecular flexibility index (Phi) is 6.17. The Bertz CT molecular complexity index is 971. The Morgan fingerprint density at radius 2 is 2.07 bits per heavy atom. The molecule has 1 aromatic heterocycles. The van der Waals surface area contributed by atoms with E-state index in [0.29, 0.717) is 22.2 Å². The van der Waals surface area contributed by atoms with E-state index < -0.39 is 30.1 Å². The van der Waals surface area contributed by atoms with Crippen molar-refractivity contribution in [3.8, 4) is 6.07 Å². The Balaban J connectivity index is 1.95. The van der Waals surface area contributed by atoms with Crippen molar-refractivity contribution in [3.63, 3.8) is 0 Å². The molecule has 3 rings (SSSR count). The molecule has 1 aliphatic heterocycles. The van der Waals surface area contributed by atoms with Gasteiger partial charge in [-0.2, -0.15) is 18.4 Å². The number of hydrogen-bond donors (Lipinski definition) is 2. The molecule has 9 heteroatoms. The normalized spacial score (nSPS) is 20.8. The minimum atomic E-state index is -4.43. The number of anilines is 1. The molecule has 1 amide bonds. The maximum absolute atomic E-state index is 13.6. The van der Waals surface area contributed by atoms with Gasteiger partial charge in [0.2, 0.25) is 5.91 Å². The maximum atomic E-state index is 13.6. The van der Waals surface area contributed by atoms with Crippen LogP contribution < -0.4 is 10.2 Å². The highest BCUT2D eigenvalue weighted by Gasteiger charge is 2.45. The number of aliphatic hydroxyl groups excluding tert-OH is 1. The summed E-state index contributed by atoms with van der Waals surface area (Å²) in [5, 5.41) is 22.4. The van der Waals surface area contributed by atoms with Gasteiger partial charge in [0.25, 0.3) is 0 Å². The number of nitrogens with one attached hydrogen (secondary N) is 1. The van der Waals surface area contributed by atoms with Gasteiger partial charge in [0, 0.05) is 36.4 Å². The molecule has 1 aromatic carbocycles. The number of pyridine rings is 1. The number of hydrogen-bond acceptors (Lipinski definition) is 5. The van der Waals surface area contributed by atoms with E-state index in [1.165, 1.54) is 12.3 Å². The van der Waals surface area contributed by atoms with E-state index in [1.807, 2.05) is 6.07 Å². The van der Waals surface area contributed by atoms with Gasteiger partial charge in [-0.15, -0.1) is 0 Å². The first-order valence-electron chi connectivity index (χ1n) is 9.69. The summed E-state index contributed by atoms with van der Waals surface area (Å²) in [6, 6.07) is 7.79. The first-order valence-corrected chi connectivity index (χ1v) is 9.69. The number of nitriles is 1. The second kappa shape index (κ2) is 8.48. The first-order chi connectivity index (χ1) is 14.1. The zero-order valence-corrected chi connectivity index (χ0v) is 16.6. The van der Waals surface area contributed by atoms with Crippen molar-refractivity contribution >= 4 is 22.5 Å². The van der Waals surface area contributed by atoms with E-state index in [1.54, 1.807) is 36.9 Å². The van der Waals surface area contributed by atoms with Crippen LogP contribution in [0.3, 0.4) is 0 Å². The van der Waals surface area contributed by atoms with Crippen LogP contribution in [0, 0.1) is 23.2 Å². The average Bonchev–Trinajstić information content (AvgIpc) is 2.71. The van der Waals surface area contributed by atoms with Crippen molar-refractivity contribution in [3.05, 3.63) is 36.0 Å². The van der Waals surface area contributed by atoms with E-state index in [0.717, 1.165) is 0 Å². The molecule has 1 fully saturated rings. The van der Waals surface area contributed by atoms with Crippen LogP contribution in [-0.4, -0.2) is 47.4 Å². The number of alkyl halides is 3. The summed E-state index contributed by atoms with van der Waals surface area (Å²) in [4.78, 5) is 18.0. The number of benzene rings is 1. The summed E-state index contributed by atoms with van der Waals surface area (Å²) < 4.78 is 40.8. The van der Waals surface area contributed by atoms with E-state index in [2.05, 4.69) is 10.3 Å². The SMILES string of the molecule is CC(C)C(O)C(=O)N[C@@H]1C[C@H](C(F)(F)F)CN(c2ccc(C#N)c3ncccc23)C1. The van der Waals surface area contributed by atoms with Crippen LogP contribution in [-0.2, 0) is 4.79 Å². The van der Waals surface area contributed by atoms with Gasteiger partial charge in [0.05, 0.1) is 17.0 Å². The molecule has 1 saturated heterocycles. The fraction of sp³-hybridized carbons (Fsp3) is 0.476. The predicted molar refractivity (Wildman–Crippen MR) is 106 cm³/mol. The molecule has 1 unspecified atom stereocenters. The monoisotopic (exact) mass is 420 g/mol. The molecule has 0 saturated carbocycles. The van der Waals surface area contributed by atoms with Crippen LogP contribution in [0.1, 0.15) is 25.8 Å². The molecule has 30 heavy (non-hydrogen) atoms. The van der Waals surface area contributed by atoms with E-state index >= 15 is 0 Å². The third-order valence-corrected chi connectivity index (χ3v) is 5.37. The second-order valence-electron chi connectivity index (χ2n) is 7.92. The number of carbonyl (C=O) groups excluding carboxylic acids is 1. The Hall–Kier alpha value is -2.86. The molecular weight excluding hydrogens is 397 g/mol. The van der Waals surface area contributed by atoms with Gasteiger partial charge in [0.15, 0.2) is 0 Å². The van der Waals surface area contributed by atoms with Crippen molar-refractivity contribution in [2.75, 3.05) is 18.0 Å².